The van der Waals surface area contributed by atoms with Crippen molar-refractivity contribution in [3.63, 3.8) is 0 Å². The number of halogens is 4. The second-order valence-corrected chi connectivity index (χ2v) is 14.0. The molecule has 1 aliphatic heterocycles. The van der Waals surface area contributed by atoms with Crippen molar-refractivity contribution in [1.29, 1.82) is 0 Å². The van der Waals surface area contributed by atoms with Crippen molar-refractivity contribution in [3.05, 3.63) is 64.7 Å². The lowest BCUT2D eigenvalue weighted by Crippen LogP contribution is -2.55. The van der Waals surface area contributed by atoms with Gasteiger partial charge in [-0.3, -0.25) is 4.79 Å². The summed E-state index contributed by atoms with van der Waals surface area (Å²) in [7, 11) is -4.21. The number of nitrogens with one attached hydrogen (secondary N) is 1. The van der Waals surface area contributed by atoms with Gasteiger partial charge in [-0.25, -0.2) is 13.2 Å². The van der Waals surface area contributed by atoms with E-state index in [4.69, 9.17) is 16.3 Å². The van der Waals surface area contributed by atoms with Gasteiger partial charge in [0.25, 0.3) is 0 Å². The molecule has 2 aliphatic rings. The minimum absolute atomic E-state index is 0.188. The monoisotopic (exact) mass is 629 g/mol. The average molecular weight is 630 g/mol. The fraction of sp³-hybridized carbons (Fsp3) is 0.517. The highest BCUT2D eigenvalue weighted by Gasteiger charge is 2.45. The van der Waals surface area contributed by atoms with Crippen LogP contribution in [0.5, 0.6) is 0 Å². The molecule has 42 heavy (non-hydrogen) atoms. The lowest BCUT2D eigenvalue weighted by molar-refractivity contribution is -0.137. The standard InChI is InChI=1S/C29H35ClF3N3O5S/c1-28(2,3)41-27(38)34-25(17-19-7-9-21(30)10-8-19)26(37)35-15-13-23(14-16-35)36(22-11-12-22)42(39,40)24-6-4-5-20(18-24)29(31,32)33/h4-10,18,22-23,25H,11-17H2,1-3H3,(H,34,38)/t25-/m0/s1. The molecule has 0 radical (unpaired) electrons. The maximum absolute atomic E-state index is 13.6. The van der Waals surface area contributed by atoms with Crippen LogP contribution in [0.2, 0.25) is 5.02 Å². The Morgan fingerprint density at radius 3 is 2.17 bits per heavy atom. The Morgan fingerprint density at radius 2 is 1.62 bits per heavy atom. The van der Waals surface area contributed by atoms with Crippen LogP contribution >= 0.6 is 11.6 Å². The van der Waals surface area contributed by atoms with Gasteiger partial charge in [0, 0.05) is 36.6 Å². The van der Waals surface area contributed by atoms with E-state index in [0.717, 1.165) is 17.7 Å². The molecule has 1 atom stereocenters. The number of carbonyl (C=O) groups excluding carboxylic acids is 2. The molecule has 13 heteroatoms. The van der Waals surface area contributed by atoms with Gasteiger partial charge in [0.05, 0.1) is 10.5 Å². The quantitative estimate of drug-likeness (QED) is 0.408. The number of alkyl carbamates (subject to hydrolysis) is 1. The third-order valence-electron chi connectivity index (χ3n) is 7.12. The SMILES string of the molecule is CC(C)(C)OC(=O)N[C@@H](Cc1ccc(Cl)cc1)C(=O)N1CCC(N(C2CC2)S(=O)(=O)c2cccc(C(F)(F)F)c2)CC1. The third kappa shape index (κ3) is 8.17. The highest BCUT2D eigenvalue weighted by Crippen LogP contribution is 2.38. The van der Waals surface area contributed by atoms with Gasteiger partial charge in [-0.1, -0.05) is 29.8 Å². The van der Waals surface area contributed by atoms with E-state index in [1.54, 1.807) is 49.9 Å². The minimum atomic E-state index is -4.67. The zero-order chi connectivity index (χ0) is 30.9. The zero-order valence-corrected chi connectivity index (χ0v) is 25.2. The van der Waals surface area contributed by atoms with Crippen molar-refractivity contribution in [2.45, 2.75) is 87.7 Å². The lowest BCUT2D eigenvalue weighted by Gasteiger charge is -2.39. The van der Waals surface area contributed by atoms with Crippen molar-refractivity contribution in [2.75, 3.05) is 13.1 Å². The van der Waals surface area contributed by atoms with Gasteiger partial charge in [0.15, 0.2) is 0 Å². The molecule has 8 nitrogen and oxygen atoms in total. The molecule has 0 aromatic heterocycles. The first kappa shape index (κ1) is 32.1. The van der Waals surface area contributed by atoms with Gasteiger partial charge in [-0.15, -0.1) is 0 Å². The van der Waals surface area contributed by atoms with Crippen LogP contribution < -0.4 is 5.32 Å². The first-order valence-corrected chi connectivity index (χ1v) is 15.6. The number of rotatable bonds is 8. The van der Waals surface area contributed by atoms with Gasteiger partial charge in [0.2, 0.25) is 15.9 Å². The maximum Gasteiger partial charge on any atom is 0.416 e. The Morgan fingerprint density at radius 1 is 1.02 bits per heavy atom. The molecular weight excluding hydrogens is 595 g/mol. The fourth-order valence-electron chi connectivity index (χ4n) is 5.04. The number of hydrogen-bond acceptors (Lipinski definition) is 5. The van der Waals surface area contributed by atoms with E-state index >= 15 is 0 Å². The molecular formula is C29H35ClF3N3O5S. The van der Waals surface area contributed by atoms with Crippen LogP contribution in [0.1, 0.15) is 57.6 Å². The summed E-state index contributed by atoms with van der Waals surface area (Å²) in [6.45, 7) is 5.58. The smallest absolute Gasteiger partial charge is 0.416 e. The van der Waals surface area contributed by atoms with Crippen LogP contribution in [0.4, 0.5) is 18.0 Å². The first-order valence-electron chi connectivity index (χ1n) is 13.8. The normalized spacial score (nSPS) is 17.7. The van der Waals surface area contributed by atoms with Gasteiger partial charge in [-0.2, -0.15) is 17.5 Å². The van der Waals surface area contributed by atoms with Crippen molar-refractivity contribution in [1.82, 2.24) is 14.5 Å². The predicted molar refractivity (Wildman–Crippen MR) is 151 cm³/mol. The highest BCUT2D eigenvalue weighted by atomic mass is 35.5. The number of carbonyl (C=O) groups is 2. The second-order valence-electron chi connectivity index (χ2n) is 11.7. The highest BCUT2D eigenvalue weighted by molar-refractivity contribution is 7.89. The van der Waals surface area contributed by atoms with E-state index in [-0.39, 0.29) is 31.5 Å². The number of likely N-dealkylation sites (tertiary alicyclic amines) is 1. The minimum Gasteiger partial charge on any atom is -0.444 e. The number of nitrogens with zero attached hydrogens (tertiary/aromatic N) is 2. The number of amides is 2. The van der Waals surface area contributed by atoms with Crippen LogP contribution in [0.15, 0.2) is 53.4 Å². The lowest BCUT2D eigenvalue weighted by atomic mass is 10.0. The molecule has 0 spiro atoms. The van der Waals surface area contributed by atoms with E-state index in [0.29, 0.717) is 36.8 Å². The van der Waals surface area contributed by atoms with Gasteiger partial charge in [0.1, 0.15) is 11.6 Å². The number of ether oxygens (including phenoxy) is 1. The zero-order valence-electron chi connectivity index (χ0n) is 23.7. The number of alkyl halides is 3. The molecule has 1 saturated heterocycles. The first-order chi connectivity index (χ1) is 19.5. The Labute approximate surface area is 249 Å². The largest absolute Gasteiger partial charge is 0.444 e. The number of sulfonamides is 1. The molecule has 1 N–H and O–H groups in total. The number of piperidine rings is 1. The molecule has 4 rings (SSSR count). The molecule has 230 valence electrons. The van der Waals surface area contributed by atoms with Crippen molar-refractivity contribution in [3.8, 4) is 0 Å². The second kappa shape index (κ2) is 12.4. The van der Waals surface area contributed by atoms with E-state index in [2.05, 4.69) is 5.32 Å². The van der Waals surface area contributed by atoms with Crippen LogP contribution in [0.25, 0.3) is 0 Å². The van der Waals surface area contributed by atoms with Crippen molar-refractivity contribution >= 4 is 33.6 Å². The summed E-state index contributed by atoms with van der Waals surface area (Å²) < 4.78 is 73.8. The van der Waals surface area contributed by atoms with Gasteiger partial charge in [-0.05, 0) is 82.3 Å². The van der Waals surface area contributed by atoms with Crippen LogP contribution in [-0.4, -0.2) is 66.4 Å². The van der Waals surface area contributed by atoms with E-state index in [1.165, 1.54) is 10.4 Å². The molecule has 0 bridgehead atoms. The molecule has 1 aliphatic carbocycles. The number of hydrogen-bond donors (Lipinski definition) is 1. The van der Waals surface area contributed by atoms with E-state index < -0.39 is 50.4 Å². The van der Waals surface area contributed by atoms with Crippen LogP contribution in [0, 0.1) is 0 Å². The summed E-state index contributed by atoms with van der Waals surface area (Å²) in [5, 5.41) is 3.21. The molecule has 0 unspecified atom stereocenters. The summed E-state index contributed by atoms with van der Waals surface area (Å²) in [6, 6.07) is 8.99. The molecule has 1 saturated carbocycles. The fourth-order valence-corrected chi connectivity index (χ4v) is 7.14. The predicted octanol–water partition coefficient (Wildman–Crippen LogP) is 5.64. The average Bonchev–Trinajstić information content (AvgIpc) is 3.73. The summed E-state index contributed by atoms with van der Waals surface area (Å²) >= 11 is 5.99. The third-order valence-corrected chi connectivity index (χ3v) is 9.37. The maximum atomic E-state index is 13.6. The Balaban J connectivity index is 1.48. The Kier molecular flexibility index (Phi) is 9.49. The number of benzene rings is 2. The van der Waals surface area contributed by atoms with Crippen molar-refractivity contribution < 1.29 is 35.9 Å². The topological polar surface area (TPSA) is 96.0 Å². The van der Waals surface area contributed by atoms with Gasteiger partial charge >= 0.3 is 12.3 Å². The van der Waals surface area contributed by atoms with Crippen LogP contribution in [-0.2, 0) is 32.2 Å². The van der Waals surface area contributed by atoms with E-state index in [9.17, 15) is 31.2 Å². The van der Waals surface area contributed by atoms with Gasteiger partial charge < -0.3 is 15.0 Å². The molecule has 2 amide bonds. The summed E-state index contributed by atoms with van der Waals surface area (Å²) in [5.41, 5.74) is -1.02. The summed E-state index contributed by atoms with van der Waals surface area (Å²) in [4.78, 5) is 27.4. The van der Waals surface area contributed by atoms with E-state index in [1.807, 2.05) is 0 Å². The molecule has 1 heterocycles. The Hall–Kier alpha value is -2.83. The van der Waals surface area contributed by atoms with Crippen molar-refractivity contribution in [2.24, 2.45) is 0 Å². The summed E-state index contributed by atoms with van der Waals surface area (Å²) in [5.74, 6) is -0.340. The molecule has 2 aromatic carbocycles. The Bertz CT molecular complexity index is 1380. The van der Waals surface area contributed by atoms with Crippen LogP contribution in [0.3, 0.4) is 0 Å². The molecule has 2 aromatic rings. The molecule has 2 fully saturated rings. The summed E-state index contributed by atoms with van der Waals surface area (Å²) in [6.07, 6.45) is -3.36.